The quantitative estimate of drug-likeness (QED) is 0.698. The zero-order valence-electron chi connectivity index (χ0n) is 16.2. The van der Waals surface area contributed by atoms with Crippen LogP contribution in [0.2, 0.25) is 0 Å². The average molecular weight is 449 g/mol. The van der Waals surface area contributed by atoms with Crippen LogP contribution >= 0.6 is 0 Å². The molecule has 1 heterocycles. The zero-order chi connectivity index (χ0) is 22.6. The second-order valence-corrected chi connectivity index (χ2v) is 8.62. The van der Waals surface area contributed by atoms with E-state index in [1.807, 2.05) is 6.07 Å². The highest BCUT2D eigenvalue weighted by atomic mass is 32.2. The SMILES string of the molecule is N#Cc1ccc(/C=C2\CCCN(Cc3ccccc3NS(=O)(=O)C(F)(F)F)C2=O)cc1. The van der Waals surface area contributed by atoms with E-state index in [0.717, 1.165) is 5.56 Å². The fourth-order valence-electron chi connectivity index (χ4n) is 3.18. The number of nitrogens with zero attached hydrogens (tertiary/aromatic N) is 2. The van der Waals surface area contributed by atoms with Gasteiger partial charge in [-0.25, -0.2) is 0 Å². The second kappa shape index (κ2) is 8.81. The molecule has 1 amide bonds. The number of carbonyl (C=O) groups excluding carboxylic acids is 1. The molecule has 0 spiro atoms. The van der Waals surface area contributed by atoms with Crippen LogP contribution in [0.4, 0.5) is 18.9 Å². The van der Waals surface area contributed by atoms with E-state index < -0.39 is 15.5 Å². The second-order valence-electron chi connectivity index (χ2n) is 6.94. The van der Waals surface area contributed by atoms with Crippen molar-refractivity contribution < 1.29 is 26.4 Å². The average Bonchev–Trinajstić information content (AvgIpc) is 2.72. The first-order valence-corrected chi connectivity index (χ1v) is 10.8. The van der Waals surface area contributed by atoms with Gasteiger partial charge < -0.3 is 4.90 Å². The molecule has 0 radical (unpaired) electrons. The number of para-hydroxylation sites is 1. The van der Waals surface area contributed by atoms with E-state index in [0.29, 0.717) is 30.5 Å². The van der Waals surface area contributed by atoms with Gasteiger partial charge in [-0.2, -0.15) is 26.9 Å². The highest BCUT2D eigenvalue weighted by molar-refractivity contribution is 7.93. The fraction of sp³-hybridized carbons (Fsp3) is 0.238. The molecule has 162 valence electrons. The number of likely N-dealkylation sites (tertiary alicyclic amines) is 1. The number of hydrogen-bond donors (Lipinski definition) is 1. The Hall–Kier alpha value is -3.32. The summed E-state index contributed by atoms with van der Waals surface area (Å²) in [4.78, 5) is 14.4. The maximum atomic E-state index is 12.9. The Morgan fingerprint density at radius 3 is 2.45 bits per heavy atom. The zero-order valence-corrected chi connectivity index (χ0v) is 17.0. The van der Waals surface area contributed by atoms with E-state index in [9.17, 15) is 26.4 Å². The smallest absolute Gasteiger partial charge is 0.335 e. The number of nitrogens with one attached hydrogen (secondary N) is 1. The third-order valence-corrected chi connectivity index (χ3v) is 5.84. The van der Waals surface area contributed by atoms with E-state index in [1.54, 1.807) is 41.1 Å². The first-order valence-electron chi connectivity index (χ1n) is 9.28. The summed E-state index contributed by atoms with van der Waals surface area (Å²) in [7, 11) is -5.57. The molecule has 0 atom stereocenters. The van der Waals surface area contributed by atoms with Crippen molar-refractivity contribution in [2.75, 3.05) is 11.3 Å². The number of hydrogen-bond acceptors (Lipinski definition) is 4. The Morgan fingerprint density at radius 1 is 1.13 bits per heavy atom. The van der Waals surface area contributed by atoms with Crippen LogP contribution in [0.5, 0.6) is 0 Å². The van der Waals surface area contributed by atoms with Crippen LogP contribution in [0.1, 0.15) is 29.5 Å². The summed E-state index contributed by atoms with van der Waals surface area (Å²) in [5.41, 5.74) is -3.64. The maximum absolute atomic E-state index is 12.9. The standard InChI is InChI=1S/C21H18F3N3O3S/c22-21(23,24)31(29,30)26-19-6-2-1-4-18(19)14-27-11-3-5-17(20(27)28)12-15-7-9-16(13-25)10-8-15/h1-2,4,6-10,12,26H,3,5,11,14H2/b17-12+. The number of amides is 1. The number of anilines is 1. The molecular weight excluding hydrogens is 431 g/mol. The molecule has 0 saturated carbocycles. The van der Waals surface area contributed by atoms with E-state index in [-0.39, 0.29) is 23.7 Å². The van der Waals surface area contributed by atoms with E-state index >= 15 is 0 Å². The van der Waals surface area contributed by atoms with Crippen molar-refractivity contribution in [3.63, 3.8) is 0 Å². The minimum absolute atomic E-state index is 0.0416. The van der Waals surface area contributed by atoms with Gasteiger partial charge in [-0.05, 0) is 48.2 Å². The van der Waals surface area contributed by atoms with Crippen molar-refractivity contribution in [2.45, 2.75) is 24.9 Å². The number of halogens is 3. The lowest BCUT2D eigenvalue weighted by atomic mass is 9.99. The van der Waals surface area contributed by atoms with Crippen LogP contribution in [-0.4, -0.2) is 31.3 Å². The molecule has 1 fully saturated rings. The summed E-state index contributed by atoms with van der Waals surface area (Å²) in [6.07, 6.45) is 2.91. The Bertz CT molecular complexity index is 1150. The van der Waals surface area contributed by atoms with Gasteiger partial charge >= 0.3 is 15.5 Å². The van der Waals surface area contributed by atoms with Crippen molar-refractivity contribution in [1.29, 1.82) is 5.26 Å². The lowest BCUT2D eigenvalue weighted by molar-refractivity contribution is -0.129. The minimum Gasteiger partial charge on any atom is -0.335 e. The van der Waals surface area contributed by atoms with Gasteiger partial charge in [0, 0.05) is 18.7 Å². The Kier molecular flexibility index (Phi) is 6.36. The van der Waals surface area contributed by atoms with Gasteiger partial charge in [0.05, 0.1) is 17.3 Å². The first-order chi connectivity index (χ1) is 14.6. The van der Waals surface area contributed by atoms with Crippen LogP contribution < -0.4 is 4.72 Å². The molecule has 2 aromatic rings. The van der Waals surface area contributed by atoms with Gasteiger partial charge in [0.1, 0.15) is 0 Å². The summed E-state index contributed by atoms with van der Waals surface area (Å²) >= 11 is 0. The van der Waals surface area contributed by atoms with Crippen molar-refractivity contribution in [1.82, 2.24) is 4.90 Å². The normalized spacial score (nSPS) is 16.3. The molecule has 0 bridgehead atoms. The molecule has 0 aliphatic carbocycles. The van der Waals surface area contributed by atoms with E-state index in [4.69, 9.17) is 5.26 Å². The fourth-order valence-corrected chi connectivity index (χ4v) is 3.78. The van der Waals surface area contributed by atoms with Crippen molar-refractivity contribution >= 4 is 27.7 Å². The van der Waals surface area contributed by atoms with E-state index in [1.165, 1.54) is 23.1 Å². The molecule has 10 heteroatoms. The molecule has 31 heavy (non-hydrogen) atoms. The molecule has 2 aromatic carbocycles. The monoisotopic (exact) mass is 449 g/mol. The van der Waals surface area contributed by atoms with Gasteiger partial charge in [0.15, 0.2) is 0 Å². The van der Waals surface area contributed by atoms with Crippen LogP contribution in [0, 0.1) is 11.3 Å². The molecule has 0 aromatic heterocycles. The van der Waals surface area contributed by atoms with Crippen LogP contribution in [0.25, 0.3) is 6.08 Å². The molecule has 0 unspecified atom stereocenters. The van der Waals surface area contributed by atoms with Gasteiger partial charge in [-0.3, -0.25) is 9.52 Å². The third-order valence-electron chi connectivity index (χ3n) is 4.74. The van der Waals surface area contributed by atoms with Crippen molar-refractivity contribution in [3.8, 4) is 6.07 Å². The van der Waals surface area contributed by atoms with Crippen LogP contribution in [0.3, 0.4) is 0 Å². The first kappa shape index (κ1) is 22.4. The Morgan fingerprint density at radius 2 is 1.81 bits per heavy atom. The number of benzene rings is 2. The molecule has 6 nitrogen and oxygen atoms in total. The predicted octanol–water partition coefficient (Wildman–Crippen LogP) is 4.03. The molecule has 1 aliphatic rings. The van der Waals surface area contributed by atoms with Crippen LogP contribution in [-0.2, 0) is 21.4 Å². The summed E-state index contributed by atoms with van der Waals surface area (Å²) in [6, 6.07) is 14.4. The largest absolute Gasteiger partial charge is 0.516 e. The summed E-state index contributed by atoms with van der Waals surface area (Å²) in [5, 5.41) is 8.87. The number of carbonyl (C=O) groups is 1. The Balaban J connectivity index is 1.81. The molecule has 1 aliphatic heterocycles. The topological polar surface area (TPSA) is 90.3 Å². The minimum atomic E-state index is -5.57. The molecule has 1 N–H and O–H groups in total. The summed E-state index contributed by atoms with van der Waals surface area (Å²) < 4.78 is 62.7. The molecular formula is C21H18F3N3O3S. The summed E-state index contributed by atoms with van der Waals surface area (Å²) in [6.45, 7) is 0.351. The highest BCUT2D eigenvalue weighted by Gasteiger charge is 2.46. The molecule has 1 saturated heterocycles. The number of nitriles is 1. The van der Waals surface area contributed by atoms with Gasteiger partial charge in [-0.1, -0.05) is 30.3 Å². The van der Waals surface area contributed by atoms with E-state index in [2.05, 4.69) is 0 Å². The van der Waals surface area contributed by atoms with Gasteiger partial charge in [-0.15, -0.1) is 0 Å². The number of sulfonamides is 1. The number of alkyl halides is 3. The lowest BCUT2D eigenvalue weighted by Crippen LogP contribution is -2.37. The highest BCUT2D eigenvalue weighted by Crippen LogP contribution is 2.29. The van der Waals surface area contributed by atoms with Gasteiger partial charge in [0.25, 0.3) is 0 Å². The summed E-state index contributed by atoms with van der Waals surface area (Å²) in [5.74, 6) is -0.274. The molecule has 3 rings (SSSR count). The number of rotatable bonds is 5. The van der Waals surface area contributed by atoms with Crippen molar-refractivity contribution in [3.05, 3.63) is 70.8 Å². The maximum Gasteiger partial charge on any atom is 0.516 e. The lowest BCUT2D eigenvalue weighted by Gasteiger charge is -2.29. The Labute approximate surface area is 177 Å². The number of piperidine rings is 1. The van der Waals surface area contributed by atoms with Gasteiger partial charge in [0.2, 0.25) is 5.91 Å². The van der Waals surface area contributed by atoms with Crippen LogP contribution in [0.15, 0.2) is 54.1 Å². The third kappa shape index (κ3) is 5.24. The predicted molar refractivity (Wildman–Crippen MR) is 109 cm³/mol. The van der Waals surface area contributed by atoms with Crippen molar-refractivity contribution in [2.24, 2.45) is 0 Å².